The Hall–Kier alpha value is -0.590. The number of amidine groups is 1. The Bertz CT molecular complexity index is 733. The molecule has 0 amide bonds. The number of nitrogens with two attached hydrogens (primary N) is 1. The van der Waals surface area contributed by atoms with Gasteiger partial charge in [-0.05, 0) is 32.8 Å². The Labute approximate surface area is 140 Å². The molecule has 1 atom stereocenters. The van der Waals surface area contributed by atoms with Gasteiger partial charge < -0.3 is 5.73 Å². The van der Waals surface area contributed by atoms with E-state index in [0.717, 1.165) is 29.0 Å². The number of hydrogen-bond donors (Lipinski definition) is 1. The molecule has 1 aromatic heterocycles. The highest BCUT2D eigenvalue weighted by Gasteiger charge is 2.55. The normalized spacial score (nSPS) is 30.2. The Morgan fingerprint density at radius 2 is 1.95 bits per heavy atom. The van der Waals surface area contributed by atoms with Crippen LogP contribution < -0.4 is 5.73 Å². The minimum atomic E-state index is -3.37. The van der Waals surface area contributed by atoms with Gasteiger partial charge in [0, 0.05) is 4.88 Å². The monoisotopic (exact) mass is 360 g/mol. The first kappa shape index (κ1) is 16.3. The van der Waals surface area contributed by atoms with Crippen molar-refractivity contribution in [1.29, 1.82) is 0 Å². The third-order valence-electron chi connectivity index (χ3n) is 4.86. The second-order valence-corrected chi connectivity index (χ2v) is 10.6. The van der Waals surface area contributed by atoms with Crippen LogP contribution in [0.25, 0.3) is 0 Å². The minimum Gasteiger partial charge on any atom is -0.386 e. The van der Waals surface area contributed by atoms with E-state index in [1.54, 1.807) is 0 Å². The van der Waals surface area contributed by atoms with E-state index in [1.165, 1.54) is 11.3 Å². The standard InChI is InChI=1S/C15H21ClN2O2S2/c1-10-8-11(16)12(21-10)14(2)9-22(19,20)15(13(17)18-14)6-4-3-5-7-15/h8H,3-7,9H2,1-2H3,(H2,17,18)/t14-/m0/s1. The quantitative estimate of drug-likeness (QED) is 0.834. The number of hydrogen-bond acceptors (Lipinski definition) is 5. The summed E-state index contributed by atoms with van der Waals surface area (Å²) in [6, 6.07) is 1.86. The first-order chi connectivity index (χ1) is 10.2. The highest BCUT2D eigenvalue weighted by Crippen LogP contribution is 2.47. The molecule has 2 N–H and O–H groups in total. The first-order valence-corrected chi connectivity index (χ1v) is 10.4. The molecule has 0 bridgehead atoms. The van der Waals surface area contributed by atoms with Crippen molar-refractivity contribution in [3.05, 3.63) is 20.8 Å². The number of aliphatic imine (C=N–C) groups is 1. The molecule has 1 spiro atoms. The third-order valence-corrected chi connectivity index (χ3v) is 9.32. The summed E-state index contributed by atoms with van der Waals surface area (Å²) in [5, 5.41) is 0.580. The molecule has 22 heavy (non-hydrogen) atoms. The van der Waals surface area contributed by atoms with Gasteiger partial charge in [-0.2, -0.15) is 0 Å². The van der Waals surface area contributed by atoms with E-state index in [-0.39, 0.29) is 11.6 Å². The Balaban J connectivity index is 2.13. The predicted molar refractivity (Wildman–Crippen MR) is 92.6 cm³/mol. The van der Waals surface area contributed by atoms with Crippen LogP contribution in [0.2, 0.25) is 5.02 Å². The Morgan fingerprint density at radius 3 is 2.45 bits per heavy atom. The van der Waals surface area contributed by atoms with E-state index in [0.29, 0.717) is 17.9 Å². The van der Waals surface area contributed by atoms with Crippen LogP contribution in [0.3, 0.4) is 0 Å². The average molecular weight is 361 g/mol. The van der Waals surface area contributed by atoms with Crippen LogP contribution in [0.4, 0.5) is 0 Å². The zero-order valence-corrected chi connectivity index (χ0v) is 15.2. The van der Waals surface area contributed by atoms with Gasteiger partial charge >= 0.3 is 0 Å². The second-order valence-electron chi connectivity index (χ2n) is 6.62. The molecule has 1 aliphatic heterocycles. The molecular formula is C15H21ClN2O2S2. The average Bonchev–Trinajstić information content (AvgIpc) is 2.77. The van der Waals surface area contributed by atoms with Gasteiger partial charge in [-0.3, -0.25) is 4.99 Å². The van der Waals surface area contributed by atoms with Gasteiger partial charge in [0.25, 0.3) is 0 Å². The summed E-state index contributed by atoms with van der Waals surface area (Å²) >= 11 is 7.79. The van der Waals surface area contributed by atoms with E-state index in [9.17, 15) is 8.42 Å². The van der Waals surface area contributed by atoms with Gasteiger partial charge in [0.2, 0.25) is 0 Å². The van der Waals surface area contributed by atoms with E-state index in [4.69, 9.17) is 17.3 Å². The smallest absolute Gasteiger partial charge is 0.165 e. The van der Waals surface area contributed by atoms with Crippen molar-refractivity contribution in [2.24, 2.45) is 10.7 Å². The fourth-order valence-electron chi connectivity index (χ4n) is 3.72. The molecule has 1 aliphatic carbocycles. The number of aryl methyl sites for hydroxylation is 1. The van der Waals surface area contributed by atoms with Gasteiger partial charge in [-0.25, -0.2) is 8.42 Å². The van der Waals surface area contributed by atoms with Gasteiger partial charge in [0.1, 0.15) is 16.1 Å². The second kappa shape index (κ2) is 5.21. The lowest BCUT2D eigenvalue weighted by Gasteiger charge is -2.43. The number of thiophene rings is 1. The number of rotatable bonds is 1. The van der Waals surface area contributed by atoms with Gasteiger partial charge in [0.05, 0.1) is 15.7 Å². The van der Waals surface area contributed by atoms with Crippen LogP contribution in [0.1, 0.15) is 48.8 Å². The molecule has 122 valence electrons. The van der Waals surface area contributed by atoms with Crippen LogP contribution in [-0.2, 0) is 15.4 Å². The maximum absolute atomic E-state index is 13.1. The number of sulfone groups is 1. The van der Waals surface area contributed by atoms with Crippen molar-refractivity contribution in [3.63, 3.8) is 0 Å². The van der Waals surface area contributed by atoms with Crippen molar-refractivity contribution in [1.82, 2.24) is 0 Å². The number of halogens is 1. The SMILES string of the molecule is Cc1cc(Cl)c([C@]2(C)CS(=O)(=O)C3(CCCCC3)C(N)=N2)s1. The third kappa shape index (κ3) is 2.31. The Kier molecular flexibility index (Phi) is 3.86. The van der Waals surface area contributed by atoms with Crippen molar-refractivity contribution in [2.75, 3.05) is 5.75 Å². The van der Waals surface area contributed by atoms with Crippen LogP contribution in [0, 0.1) is 6.92 Å². The first-order valence-electron chi connectivity index (χ1n) is 7.55. The highest BCUT2D eigenvalue weighted by molar-refractivity contribution is 7.93. The summed E-state index contributed by atoms with van der Waals surface area (Å²) in [4.78, 5) is 6.51. The van der Waals surface area contributed by atoms with Crippen molar-refractivity contribution in [3.8, 4) is 0 Å². The lowest BCUT2D eigenvalue weighted by Crippen LogP contribution is -2.58. The molecular weight excluding hydrogens is 340 g/mol. The zero-order valence-electron chi connectivity index (χ0n) is 12.9. The predicted octanol–water partition coefficient (Wildman–Crippen LogP) is 3.41. The molecule has 0 saturated heterocycles. The fraction of sp³-hybridized carbons (Fsp3) is 0.667. The molecule has 4 nitrogen and oxygen atoms in total. The molecule has 0 unspecified atom stereocenters. The fourth-order valence-corrected chi connectivity index (χ4v) is 7.86. The van der Waals surface area contributed by atoms with Gasteiger partial charge in [-0.1, -0.05) is 30.9 Å². The maximum atomic E-state index is 13.1. The minimum absolute atomic E-state index is 0.0135. The van der Waals surface area contributed by atoms with E-state index in [2.05, 4.69) is 4.99 Å². The summed E-state index contributed by atoms with van der Waals surface area (Å²) < 4.78 is 25.2. The van der Waals surface area contributed by atoms with E-state index in [1.807, 2.05) is 19.9 Å². The molecule has 1 saturated carbocycles. The Morgan fingerprint density at radius 1 is 1.32 bits per heavy atom. The van der Waals surface area contributed by atoms with Gasteiger partial charge in [-0.15, -0.1) is 11.3 Å². The lowest BCUT2D eigenvalue weighted by atomic mass is 9.86. The summed E-state index contributed by atoms with van der Waals surface area (Å²) in [5.74, 6) is 0.267. The zero-order chi connectivity index (χ0) is 16.2. The molecule has 2 heterocycles. The van der Waals surface area contributed by atoms with Crippen molar-refractivity contribution >= 4 is 38.6 Å². The summed E-state index contributed by atoms with van der Waals surface area (Å²) in [5.41, 5.74) is 5.35. The molecule has 1 aromatic rings. The van der Waals surface area contributed by atoms with E-state index >= 15 is 0 Å². The summed E-state index contributed by atoms with van der Waals surface area (Å²) in [6.45, 7) is 3.78. The number of nitrogens with zero attached hydrogens (tertiary/aromatic N) is 1. The van der Waals surface area contributed by atoms with Crippen LogP contribution in [-0.4, -0.2) is 24.8 Å². The van der Waals surface area contributed by atoms with Crippen LogP contribution in [0.5, 0.6) is 0 Å². The van der Waals surface area contributed by atoms with E-state index < -0.39 is 20.1 Å². The van der Waals surface area contributed by atoms with Crippen LogP contribution >= 0.6 is 22.9 Å². The molecule has 1 fully saturated rings. The maximum Gasteiger partial charge on any atom is 0.165 e. The van der Waals surface area contributed by atoms with Gasteiger partial charge in [0.15, 0.2) is 9.84 Å². The topological polar surface area (TPSA) is 72.5 Å². The van der Waals surface area contributed by atoms with Crippen molar-refractivity contribution in [2.45, 2.75) is 56.2 Å². The molecule has 2 aliphatic rings. The molecule has 0 aromatic carbocycles. The molecule has 7 heteroatoms. The van der Waals surface area contributed by atoms with Crippen LogP contribution in [0.15, 0.2) is 11.1 Å². The lowest BCUT2D eigenvalue weighted by molar-refractivity contribution is 0.415. The molecule has 0 radical (unpaired) electrons. The largest absolute Gasteiger partial charge is 0.386 e. The summed E-state index contributed by atoms with van der Waals surface area (Å²) in [7, 11) is -3.37. The van der Waals surface area contributed by atoms with Crippen molar-refractivity contribution < 1.29 is 8.42 Å². The highest BCUT2D eigenvalue weighted by atomic mass is 35.5. The molecule has 3 rings (SSSR count). The summed E-state index contributed by atoms with van der Waals surface area (Å²) in [6.07, 6.45) is 4.05.